The molecule has 0 amide bonds. The molecule has 0 aliphatic carbocycles. The van der Waals surface area contributed by atoms with Gasteiger partial charge in [-0.05, 0) is 12.1 Å². The Balaban J connectivity index is 2.63. The summed E-state index contributed by atoms with van der Waals surface area (Å²) in [6.45, 7) is 0. The van der Waals surface area contributed by atoms with E-state index in [-0.39, 0.29) is 11.4 Å². The van der Waals surface area contributed by atoms with Crippen LogP contribution in [-0.4, -0.2) is 4.92 Å². The van der Waals surface area contributed by atoms with Crippen LogP contribution in [0, 0.1) is 10.1 Å². The first-order chi connectivity index (χ1) is 7.50. The number of nitro benzene ring substituents is 1. The average Bonchev–Trinajstić information content (AvgIpc) is 2.26. The number of hydrogen-bond acceptors (Lipinski definition) is 4. The van der Waals surface area contributed by atoms with Crippen molar-refractivity contribution in [1.82, 2.24) is 0 Å². The zero-order valence-corrected chi connectivity index (χ0v) is 7.52. The summed E-state index contributed by atoms with van der Waals surface area (Å²) in [5, 5.41) is 10.2. The molecule has 1 aromatic rings. The summed E-state index contributed by atoms with van der Waals surface area (Å²) in [6.07, 6.45) is -2.66. The van der Waals surface area contributed by atoms with Crippen LogP contribution in [0.15, 0.2) is 36.4 Å². The van der Waals surface area contributed by atoms with Gasteiger partial charge in [-0.1, -0.05) is 0 Å². The standard InChI is InChI=1S/C8H4F3NO4/c9-7(10)8(11)16-15-6-3-1-5(2-4-6)12(13)14/h1-4H. The Kier molecular flexibility index (Phi) is 3.70. The van der Waals surface area contributed by atoms with Gasteiger partial charge in [-0.2, -0.15) is 13.2 Å². The SMILES string of the molecule is O=[N+]([O-])c1ccc(OOC(F)=C(F)F)cc1. The second-order valence-electron chi connectivity index (χ2n) is 2.45. The molecule has 0 radical (unpaired) electrons. The zero-order chi connectivity index (χ0) is 12.1. The van der Waals surface area contributed by atoms with Crippen LogP contribution in [0.2, 0.25) is 0 Å². The van der Waals surface area contributed by atoms with Crippen LogP contribution in [-0.2, 0) is 4.89 Å². The van der Waals surface area contributed by atoms with E-state index in [1.165, 1.54) is 0 Å². The number of nitro groups is 1. The lowest BCUT2D eigenvalue weighted by atomic mass is 10.3. The smallest absolute Gasteiger partial charge is 0.287 e. The number of non-ortho nitro benzene ring substituents is 1. The zero-order valence-electron chi connectivity index (χ0n) is 7.52. The third-order valence-corrected chi connectivity index (χ3v) is 1.41. The van der Waals surface area contributed by atoms with E-state index >= 15 is 0 Å². The van der Waals surface area contributed by atoms with Gasteiger partial charge in [0.15, 0.2) is 5.75 Å². The number of nitrogens with zero attached hydrogens (tertiary/aromatic N) is 1. The molecule has 0 aliphatic rings. The fourth-order valence-electron chi connectivity index (χ4n) is 0.740. The lowest BCUT2D eigenvalue weighted by molar-refractivity contribution is -0.384. The molecular formula is C8H4F3NO4. The third-order valence-electron chi connectivity index (χ3n) is 1.41. The maximum Gasteiger partial charge on any atom is 0.389 e. The predicted molar refractivity (Wildman–Crippen MR) is 45.2 cm³/mol. The summed E-state index contributed by atoms with van der Waals surface area (Å²) in [4.78, 5) is 17.3. The maximum absolute atomic E-state index is 12.1. The van der Waals surface area contributed by atoms with E-state index in [2.05, 4.69) is 9.78 Å². The summed E-state index contributed by atoms with van der Waals surface area (Å²) in [5.74, 6) is -0.151. The number of hydrogen-bond donors (Lipinski definition) is 0. The van der Waals surface area contributed by atoms with Gasteiger partial charge in [-0.25, -0.2) is 0 Å². The first-order valence-electron chi connectivity index (χ1n) is 3.80. The monoisotopic (exact) mass is 235 g/mol. The summed E-state index contributed by atoms with van der Waals surface area (Å²) < 4.78 is 35.1. The third kappa shape index (κ3) is 3.15. The average molecular weight is 235 g/mol. The molecule has 8 heteroatoms. The van der Waals surface area contributed by atoms with Crippen LogP contribution in [0.5, 0.6) is 5.75 Å². The lowest BCUT2D eigenvalue weighted by Gasteiger charge is -2.01. The van der Waals surface area contributed by atoms with Crippen LogP contribution in [0.25, 0.3) is 0 Å². The highest BCUT2D eigenvalue weighted by atomic mass is 19.3. The van der Waals surface area contributed by atoms with Gasteiger partial charge in [0.05, 0.1) is 4.92 Å². The van der Waals surface area contributed by atoms with Gasteiger partial charge in [0, 0.05) is 12.1 Å². The lowest BCUT2D eigenvalue weighted by Crippen LogP contribution is -1.95. The summed E-state index contributed by atoms with van der Waals surface area (Å²) in [6, 6.07) is 2.07. The molecular weight excluding hydrogens is 231 g/mol. The van der Waals surface area contributed by atoms with Crippen molar-refractivity contribution in [2.75, 3.05) is 0 Å². The fraction of sp³-hybridized carbons (Fsp3) is 0. The van der Waals surface area contributed by atoms with E-state index in [0.717, 1.165) is 24.3 Å². The van der Waals surface area contributed by atoms with Crippen LogP contribution >= 0.6 is 0 Å². The van der Waals surface area contributed by atoms with Crippen molar-refractivity contribution in [3.8, 4) is 5.75 Å². The highest BCUT2D eigenvalue weighted by molar-refractivity contribution is 5.35. The molecule has 0 unspecified atom stereocenters. The van der Waals surface area contributed by atoms with Crippen molar-refractivity contribution in [1.29, 1.82) is 0 Å². The molecule has 0 aromatic heterocycles. The van der Waals surface area contributed by atoms with Crippen LogP contribution < -0.4 is 4.89 Å². The molecule has 16 heavy (non-hydrogen) atoms. The number of benzene rings is 1. The minimum Gasteiger partial charge on any atom is -0.287 e. The van der Waals surface area contributed by atoms with Crippen molar-refractivity contribution >= 4 is 5.69 Å². The summed E-state index contributed by atoms with van der Waals surface area (Å²) in [5.41, 5.74) is -0.222. The Morgan fingerprint density at radius 1 is 1.19 bits per heavy atom. The summed E-state index contributed by atoms with van der Waals surface area (Å²) in [7, 11) is 0. The van der Waals surface area contributed by atoms with Crippen LogP contribution in [0.3, 0.4) is 0 Å². The van der Waals surface area contributed by atoms with Gasteiger partial charge in [-0.3, -0.25) is 19.9 Å². The molecule has 0 N–H and O–H groups in total. The molecule has 0 saturated carbocycles. The van der Waals surface area contributed by atoms with Crippen molar-refractivity contribution in [2.24, 2.45) is 0 Å². The van der Waals surface area contributed by atoms with Gasteiger partial charge in [-0.15, -0.1) is 0 Å². The van der Waals surface area contributed by atoms with Gasteiger partial charge in [0.25, 0.3) is 5.69 Å². The fourth-order valence-corrected chi connectivity index (χ4v) is 0.740. The van der Waals surface area contributed by atoms with Gasteiger partial charge in [0.2, 0.25) is 0 Å². The largest absolute Gasteiger partial charge is 0.389 e. The maximum atomic E-state index is 12.1. The molecule has 86 valence electrons. The Morgan fingerprint density at radius 3 is 2.19 bits per heavy atom. The quantitative estimate of drug-likeness (QED) is 0.348. The Bertz CT molecular complexity index is 414. The Labute approximate surface area is 86.8 Å². The molecule has 5 nitrogen and oxygen atoms in total. The van der Waals surface area contributed by atoms with Crippen LogP contribution in [0.4, 0.5) is 18.9 Å². The van der Waals surface area contributed by atoms with E-state index in [1.807, 2.05) is 0 Å². The molecule has 0 spiro atoms. The van der Waals surface area contributed by atoms with Crippen molar-refractivity contribution in [3.63, 3.8) is 0 Å². The molecule has 1 rings (SSSR count). The van der Waals surface area contributed by atoms with E-state index in [0.29, 0.717) is 0 Å². The van der Waals surface area contributed by atoms with Gasteiger partial charge < -0.3 is 0 Å². The topological polar surface area (TPSA) is 61.6 Å². The predicted octanol–water partition coefficient (Wildman–Crippen LogP) is 2.94. The van der Waals surface area contributed by atoms with Crippen LogP contribution in [0.1, 0.15) is 0 Å². The molecule has 0 fully saturated rings. The molecule has 0 bridgehead atoms. The van der Waals surface area contributed by atoms with Crippen molar-refractivity contribution in [2.45, 2.75) is 0 Å². The van der Waals surface area contributed by atoms with Crippen molar-refractivity contribution in [3.05, 3.63) is 46.5 Å². The summed E-state index contributed by atoms with van der Waals surface area (Å²) >= 11 is 0. The molecule has 0 saturated heterocycles. The molecule has 0 atom stereocenters. The number of rotatable bonds is 4. The Morgan fingerprint density at radius 2 is 1.75 bits per heavy atom. The minimum atomic E-state index is -2.66. The second kappa shape index (κ2) is 5.01. The molecule has 0 aliphatic heterocycles. The van der Waals surface area contributed by atoms with E-state index in [9.17, 15) is 23.3 Å². The molecule has 1 aromatic carbocycles. The van der Waals surface area contributed by atoms with E-state index in [1.54, 1.807) is 0 Å². The van der Waals surface area contributed by atoms with Gasteiger partial charge in [0.1, 0.15) is 0 Å². The van der Waals surface area contributed by atoms with E-state index < -0.39 is 17.0 Å². The first kappa shape index (κ1) is 11.8. The number of halogens is 3. The Hall–Kier alpha value is -2.25. The van der Waals surface area contributed by atoms with Crippen molar-refractivity contribution < 1.29 is 27.9 Å². The van der Waals surface area contributed by atoms with E-state index in [4.69, 9.17) is 0 Å². The minimum absolute atomic E-state index is 0.151. The normalized spacial score (nSPS) is 9.44. The van der Waals surface area contributed by atoms with Gasteiger partial charge >= 0.3 is 12.1 Å². The molecule has 0 heterocycles. The highest BCUT2D eigenvalue weighted by Gasteiger charge is 2.09. The second-order valence-corrected chi connectivity index (χ2v) is 2.45. The highest BCUT2D eigenvalue weighted by Crippen LogP contribution is 2.19. The first-order valence-corrected chi connectivity index (χ1v) is 3.80.